The maximum absolute atomic E-state index is 13.0. The summed E-state index contributed by atoms with van der Waals surface area (Å²) in [6.45, 7) is 4.15. The van der Waals surface area contributed by atoms with Gasteiger partial charge < -0.3 is 14.5 Å². The maximum Gasteiger partial charge on any atom is 0.273 e. The number of piperidine rings is 1. The van der Waals surface area contributed by atoms with Crippen LogP contribution in [0.2, 0.25) is 0 Å². The fraction of sp³-hybridized carbons (Fsp3) is 0.500. The molecule has 1 aliphatic rings. The van der Waals surface area contributed by atoms with Gasteiger partial charge in [0, 0.05) is 12.2 Å². The Morgan fingerprint density at radius 3 is 2.87 bits per heavy atom. The lowest BCUT2D eigenvalue weighted by Gasteiger charge is -2.34. The van der Waals surface area contributed by atoms with E-state index in [-0.39, 0.29) is 24.4 Å². The van der Waals surface area contributed by atoms with Crippen molar-refractivity contribution in [2.45, 2.75) is 39.2 Å². The summed E-state index contributed by atoms with van der Waals surface area (Å²) in [5.74, 6) is 0.597. The lowest BCUT2D eigenvalue weighted by molar-refractivity contribution is 0.0497. The van der Waals surface area contributed by atoms with E-state index in [0.717, 1.165) is 25.0 Å². The summed E-state index contributed by atoms with van der Waals surface area (Å²) >= 11 is 0. The fourth-order valence-electron chi connectivity index (χ4n) is 2.89. The monoisotopic (exact) mass is 316 g/mol. The van der Waals surface area contributed by atoms with Gasteiger partial charge in [-0.15, -0.1) is 0 Å². The second-order valence-corrected chi connectivity index (χ2v) is 5.83. The first-order valence-corrected chi connectivity index (χ1v) is 7.80. The van der Waals surface area contributed by atoms with E-state index in [2.05, 4.69) is 15.1 Å². The Morgan fingerprint density at radius 2 is 2.17 bits per heavy atom. The van der Waals surface area contributed by atoms with Crippen LogP contribution in [0.5, 0.6) is 0 Å². The zero-order valence-corrected chi connectivity index (χ0v) is 13.3. The molecule has 122 valence electrons. The molecule has 0 saturated carbocycles. The van der Waals surface area contributed by atoms with Crippen molar-refractivity contribution in [1.29, 1.82) is 0 Å². The standard InChI is InChI=1S/C16H20N4O3/c1-10-6-7-13(15-18-11(2)19-23-15)14(17-10)16(22)20-8-4-3-5-12(20)9-21/h6-7,12,21H,3-5,8-9H2,1-2H3. The summed E-state index contributed by atoms with van der Waals surface area (Å²) in [7, 11) is 0. The van der Waals surface area contributed by atoms with Crippen LogP contribution >= 0.6 is 0 Å². The van der Waals surface area contributed by atoms with Gasteiger partial charge in [-0.05, 0) is 45.2 Å². The normalized spacial score (nSPS) is 18.2. The minimum absolute atomic E-state index is 0.0352. The van der Waals surface area contributed by atoms with Crippen LogP contribution in [0.15, 0.2) is 16.7 Å². The number of hydrogen-bond acceptors (Lipinski definition) is 6. The SMILES string of the molecule is Cc1ccc(-c2nc(C)no2)c(C(=O)N2CCCCC2CO)n1. The number of carbonyl (C=O) groups excluding carboxylic acids is 1. The highest BCUT2D eigenvalue weighted by molar-refractivity contribution is 5.98. The third kappa shape index (κ3) is 3.10. The van der Waals surface area contributed by atoms with Gasteiger partial charge in [-0.2, -0.15) is 4.98 Å². The molecule has 1 unspecified atom stereocenters. The van der Waals surface area contributed by atoms with Gasteiger partial charge in [-0.3, -0.25) is 4.79 Å². The number of rotatable bonds is 3. The third-order valence-corrected chi connectivity index (χ3v) is 4.09. The van der Waals surface area contributed by atoms with Crippen molar-refractivity contribution in [3.05, 3.63) is 29.3 Å². The number of aryl methyl sites for hydroxylation is 2. The Labute approximate surface area is 134 Å². The molecule has 0 aromatic carbocycles. The molecule has 7 nitrogen and oxygen atoms in total. The number of aliphatic hydroxyl groups excluding tert-OH is 1. The number of aliphatic hydroxyl groups is 1. The van der Waals surface area contributed by atoms with Gasteiger partial charge >= 0.3 is 0 Å². The van der Waals surface area contributed by atoms with E-state index in [9.17, 15) is 9.90 Å². The molecular weight excluding hydrogens is 296 g/mol. The highest BCUT2D eigenvalue weighted by Gasteiger charge is 2.30. The highest BCUT2D eigenvalue weighted by Crippen LogP contribution is 2.25. The van der Waals surface area contributed by atoms with E-state index >= 15 is 0 Å². The fourth-order valence-corrected chi connectivity index (χ4v) is 2.89. The third-order valence-electron chi connectivity index (χ3n) is 4.09. The Balaban J connectivity index is 2.00. The number of aromatic nitrogens is 3. The first-order chi connectivity index (χ1) is 11.1. The summed E-state index contributed by atoms with van der Waals surface area (Å²) in [5, 5.41) is 13.3. The van der Waals surface area contributed by atoms with Crippen molar-refractivity contribution >= 4 is 5.91 Å². The summed E-state index contributed by atoms with van der Waals surface area (Å²) in [4.78, 5) is 23.3. The van der Waals surface area contributed by atoms with Gasteiger partial charge in [0.1, 0.15) is 5.69 Å². The molecule has 1 fully saturated rings. The lowest BCUT2D eigenvalue weighted by Crippen LogP contribution is -2.46. The molecule has 1 atom stereocenters. The molecule has 7 heteroatoms. The molecule has 3 heterocycles. The maximum atomic E-state index is 13.0. The van der Waals surface area contributed by atoms with Crippen LogP contribution in [0.4, 0.5) is 0 Å². The minimum atomic E-state index is -0.196. The van der Waals surface area contributed by atoms with E-state index in [1.165, 1.54) is 0 Å². The molecule has 1 amide bonds. The van der Waals surface area contributed by atoms with Crippen LogP contribution in [0, 0.1) is 13.8 Å². The largest absolute Gasteiger partial charge is 0.394 e. The van der Waals surface area contributed by atoms with Crippen molar-refractivity contribution in [3.8, 4) is 11.5 Å². The van der Waals surface area contributed by atoms with E-state index in [0.29, 0.717) is 23.6 Å². The predicted octanol–water partition coefficient (Wildman–Crippen LogP) is 1.74. The van der Waals surface area contributed by atoms with Crippen LogP contribution in [0.1, 0.15) is 41.3 Å². The smallest absolute Gasteiger partial charge is 0.273 e. The van der Waals surface area contributed by atoms with Gasteiger partial charge in [0.05, 0.1) is 18.2 Å². The number of pyridine rings is 1. The summed E-state index contributed by atoms with van der Waals surface area (Å²) in [5.41, 5.74) is 1.57. The van der Waals surface area contributed by atoms with Crippen molar-refractivity contribution in [2.75, 3.05) is 13.2 Å². The topological polar surface area (TPSA) is 92.4 Å². The summed E-state index contributed by atoms with van der Waals surface area (Å²) in [6.07, 6.45) is 2.76. The van der Waals surface area contributed by atoms with Crippen molar-refractivity contribution in [3.63, 3.8) is 0 Å². The lowest BCUT2D eigenvalue weighted by atomic mass is 10.0. The molecular formula is C16H20N4O3. The molecule has 0 aliphatic carbocycles. The van der Waals surface area contributed by atoms with Crippen molar-refractivity contribution in [1.82, 2.24) is 20.0 Å². The number of likely N-dealkylation sites (tertiary alicyclic amines) is 1. The number of hydrogen-bond donors (Lipinski definition) is 1. The summed E-state index contributed by atoms with van der Waals surface area (Å²) in [6, 6.07) is 3.43. The van der Waals surface area contributed by atoms with Crippen molar-refractivity contribution in [2.24, 2.45) is 0 Å². The van der Waals surface area contributed by atoms with Gasteiger partial charge in [-0.25, -0.2) is 4.98 Å². The zero-order valence-electron chi connectivity index (χ0n) is 13.3. The van der Waals surface area contributed by atoms with Gasteiger partial charge in [0.15, 0.2) is 5.82 Å². The Bertz CT molecular complexity index is 713. The molecule has 1 N–H and O–H groups in total. The molecule has 23 heavy (non-hydrogen) atoms. The quantitative estimate of drug-likeness (QED) is 0.927. The molecule has 0 spiro atoms. The molecule has 1 saturated heterocycles. The Kier molecular flexibility index (Phi) is 4.38. The van der Waals surface area contributed by atoms with E-state index in [1.807, 2.05) is 13.0 Å². The average molecular weight is 316 g/mol. The van der Waals surface area contributed by atoms with E-state index in [4.69, 9.17) is 4.52 Å². The Morgan fingerprint density at radius 1 is 1.35 bits per heavy atom. The summed E-state index contributed by atoms with van der Waals surface area (Å²) < 4.78 is 5.20. The van der Waals surface area contributed by atoms with Crippen LogP contribution in [-0.2, 0) is 0 Å². The van der Waals surface area contributed by atoms with Crippen molar-refractivity contribution < 1.29 is 14.4 Å². The number of nitrogens with zero attached hydrogens (tertiary/aromatic N) is 4. The second kappa shape index (κ2) is 6.45. The van der Waals surface area contributed by atoms with Crippen LogP contribution in [0.25, 0.3) is 11.5 Å². The van der Waals surface area contributed by atoms with E-state index in [1.54, 1.807) is 17.9 Å². The van der Waals surface area contributed by atoms with Crippen LogP contribution in [-0.4, -0.2) is 50.2 Å². The van der Waals surface area contributed by atoms with E-state index < -0.39 is 0 Å². The molecule has 0 radical (unpaired) electrons. The molecule has 2 aromatic heterocycles. The number of carbonyl (C=O) groups is 1. The molecule has 3 rings (SSSR count). The second-order valence-electron chi connectivity index (χ2n) is 5.83. The molecule has 0 bridgehead atoms. The minimum Gasteiger partial charge on any atom is -0.394 e. The molecule has 2 aromatic rings. The van der Waals surface area contributed by atoms with Gasteiger partial charge in [-0.1, -0.05) is 5.16 Å². The van der Waals surface area contributed by atoms with Crippen LogP contribution < -0.4 is 0 Å². The molecule has 1 aliphatic heterocycles. The van der Waals surface area contributed by atoms with Gasteiger partial charge in [0.25, 0.3) is 11.8 Å². The average Bonchev–Trinajstić information content (AvgIpc) is 3.00. The van der Waals surface area contributed by atoms with Gasteiger partial charge in [0.2, 0.25) is 0 Å². The first-order valence-electron chi connectivity index (χ1n) is 7.80. The first kappa shape index (κ1) is 15.6. The number of amides is 1. The highest BCUT2D eigenvalue weighted by atomic mass is 16.5. The van der Waals surface area contributed by atoms with Crippen LogP contribution in [0.3, 0.4) is 0 Å². The Hall–Kier alpha value is -2.28. The zero-order chi connectivity index (χ0) is 16.4. The predicted molar refractivity (Wildman–Crippen MR) is 82.8 cm³/mol.